The van der Waals surface area contributed by atoms with Crippen molar-refractivity contribution in [2.75, 3.05) is 18.9 Å². The molecule has 0 fully saturated rings. The van der Waals surface area contributed by atoms with E-state index in [0.29, 0.717) is 10.7 Å². The van der Waals surface area contributed by atoms with Gasteiger partial charge in [0.2, 0.25) is 15.9 Å². The Morgan fingerprint density at radius 2 is 1.83 bits per heavy atom. The maximum Gasteiger partial charge on any atom is 0.243 e. The molecule has 1 N–H and O–H groups in total. The second kappa shape index (κ2) is 8.40. The Kier molecular flexibility index (Phi) is 6.11. The van der Waals surface area contributed by atoms with Gasteiger partial charge in [-0.05, 0) is 43.2 Å². The lowest BCUT2D eigenvalue weighted by Gasteiger charge is -2.16. The first kappa shape index (κ1) is 21.1. The minimum atomic E-state index is -3.86. The smallest absolute Gasteiger partial charge is 0.243 e. The van der Waals surface area contributed by atoms with Crippen LogP contribution in [0.5, 0.6) is 0 Å². The summed E-state index contributed by atoms with van der Waals surface area (Å²) >= 11 is 1.35. The summed E-state index contributed by atoms with van der Waals surface area (Å²) in [5, 5.41) is 3.09. The molecule has 29 heavy (non-hydrogen) atoms. The lowest BCUT2D eigenvalue weighted by molar-refractivity contribution is -0.116. The summed E-state index contributed by atoms with van der Waals surface area (Å²) in [7, 11) is -2.53. The molecular formula is C20H21N3O4S2. The van der Waals surface area contributed by atoms with Crippen LogP contribution in [0.15, 0.2) is 47.4 Å². The molecule has 9 heteroatoms. The van der Waals surface area contributed by atoms with Gasteiger partial charge in [0.25, 0.3) is 0 Å². The van der Waals surface area contributed by atoms with Crippen molar-refractivity contribution >= 4 is 48.4 Å². The zero-order valence-corrected chi connectivity index (χ0v) is 17.9. The number of amides is 1. The number of benzene rings is 2. The zero-order chi connectivity index (χ0) is 21.2. The van der Waals surface area contributed by atoms with E-state index in [2.05, 4.69) is 17.2 Å². The van der Waals surface area contributed by atoms with Crippen LogP contribution in [0.1, 0.15) is 29.8 Å². The van der Waals surface area contributed by atoms with Gasteiger partial charge in [0.15, 0.2) is 10.9 Å². The first-order chi connectivity index (χ1) is 13.7. The number of hydrogen-bond acceptors (Lipinski definition) is 6. The fourth-order valence-electron chi connectivity index (χ4n) is 2.73. The molecule has 0 saturated carbocycles. The Balaban J connectivity index is 1.70. The molecule has 0 radical (unpaired) electrons. The average Bonchev–Trinajstić information content (AvgIpc) is 3.08. The van der Waals surface area contributed by atoms with E-state index < -0.39 is 15.9 Å². The van der Waals surface area contributed by atoms with Gasteiger partial charge in [-0.15, -0.1) is 0 Å². The number of aryl methyl sites for hydroxylation is 1. The number of likely N-dealkylation sites (N-methyl/N-ethyl adjacent to an activating group) is 1. The molecule has 1 heterocycles. The monoisotopic (exact) mass is 431 g/mol. The highest BCUT2D eigenvalue weighted by Crippen LogP contribution is 2.27. The quantitative estimate of drug-likeness (QED) is 0.579. The van der Waals surface area contributed by atoms with Crippen LogP contribution in [-0.4, -0.2) is 43.0 Å². The van der Waals surface area contributed by atoms with Gasteiger partial charge in [-0.1, -0.05) is 36.5 Å². The van der Waals surface area contributed by atoms with Crippen LogP contribution in [0, 0.1) is 0 Å². The van der Waals surface area contributed by atoms with Crippen LogP contribution in [0.25, 0.3) is 10.2 Å². The molecule has 1 aromatic heterocycles. The molecule has 3 aromatic rings. The lowest BCUT2D eigenvalue weighted by atomic mass is 10.2. The van der Waals surface area contributed by atoms with Crippen molar-refractivity contribution in [3.8, 4) is 0 Å². The third kappa shape index (κ3) is 4.69. The number of sulfonamides is 1. The van der Waals surface area contributed by atoms with E-state index in [1.807, 2.05) is 18.2 Å². The van der Waals surface area contributed by atoms with E-state index in [1.54, 1.807) is 0 Å². The van der Waals surface area contributed by atoms with Crippen LogP contribution in [-0.2, 0) is 21.2 Å². The molecule has 0 bridgehead atoms. The van der Waals surface area contributed by atoms with Crippen molar-refractivity contribution in [2.45, 2.75) is 25.2 Å². The fourth-order valence-corrected chi connectivity index (χ4v) is 4.80. The summed E-state index contributed by atoms with van der Waals surface area (Å²) in [5.41, 5.74) is 2.39. The van der Waals surface area contributed by atoms with Crippen molar-refractivity contribution < 1.29 is 18.0 Å². The number of Topliss-reactive ketones (excluding diaryl/α,β-unsaturated/α-hetero) is 1. The van der Waals surface area contributed by atoms with Crippen LogP contribution in [0.4, 0.5) is 5.13 Å². The van der Waals surface area contributed by atoms with Crippen molar-refractivity contribution in [1.29, 1.82) is 0 Å². The number of thiazole rings is 1. The minimum Gasteiger partial charge on any atom is -0.301 e. The maximum absolute atomic E-state index is 12.7. The molecule has 1 amide bonds. The molecule has 152 valence electrons. The van der Waals surface area contributed by atoms with E-state index in [1.165, 1.54) is 55.1 Å². The van der Waals surface area contributed by atoms with Gasteiger partial charge in [0.1, 0.15) is 0 Å². The predicted molar refractivity (Wildman–Crippen MR) is 114 cm³/mol. The van der Waals surface area contributed by atoms with E-state index in [-0.39, 0.29) is 17.2 Å². The number of hydrogen-bond donors (Lipinski definition) is 1. The maximum atomic E-state index is 12.7. The molecule has 7 nitrogen and oxygen atoms in total. The second-order valence-corrected chi connectivity index (χ2v) is 9.64. The number of anilines is 1. The number of carbonyl (C=O) groups is 2. The van der Waals surface area contributed by atoms with E-state index in [4.69, 9.17) is 0 Å². The Hall–Kier alpha value is -2.62. The SMILES string of the molecule is CCc1ccc2nc(NC(=O)CN(C)S(=O)(=O)c3ccc(C(C)=O)cc3)sc2c1. The van der Waals surface area contributed by atoms with Crippen molar-refractivity contribution in [3.63, 3.8) is 0 Å². The Morgan fingerprint density at radius 1 is 1.14 bits per heavy atom. The highest BCUT2D eigenvalue weighted by atomic mass is 32.2. The Bertz CT molecular complexity index is 1170. The molecule has 0 unspecified atom stereocenters. The summed E-state index contributed by atoms with van der Waals surface area (Å²) in [5.74, 6) is -0.630. The number of ketones is 1. The van der Waals surface area contributed by atoms with Gasteiger partial charge in [0, 0.05) is 12.6 Å². The van der Waals surface area contributed by atoms with Gasteiger partial charge in [0.05, 0.1) is 21.7 Å². The van der Waals surface area contributed by atoms with Gasteiger partial charge in [-0.25, -0.2) is 13.4 Å². The molecule has 2 aromatic carbocycles. The Morgan fingerprint density at radius 3 is 2.45 bits per heavy atom. The van der Waals surface area contributed by atoms with Gasteiger partial charge < -0.3 is 5.32 Å². The first-order valence-electron chi connectivity index (χ1n) is 8.97. The second-order valence-electron chi connectivity index (χ2n) is 6.56. The lowest BCUT2D eigenvalue weighted by Crippen LogP contribution is -2.34. The summed E-state index contributed by atoms with van der Waals surface area (Å²) in [6.45, 7) is 3.12. The molecule has 0 aliphatic heterocycles. The average molecular weight is 432 g/mol. The molecular weight excluding hydrogens is 410 g/mol. The van der Waals surface area contributed by atoms with Crippen LogP contribution in [0.3, 0.4) is 0 Å². The fraction of sp³-hybridized carbons (Fsp3) is 0.250. The highest BCUT2D eigenvalue weighted by molar-refractivity contribution is 7.89. The third-order valence-corrected chi connectivity index (χ3v) is 7.19. The highest BCUT2D eigenvalue weighted by Gasteiger charge is 2.23. The van der Waals surface area contributed by atoms with Crippen molar-refractivity contribution in [1.82, 2.24) is 9.29 Å². The topological polar surface area (TPSA) is 96.4 Å². The number of nitrogens with one attached hydrogen (secondary N) is 1. The third-order valence-electron chi connectivity index (χ3n) is 4.44. The van der Waals surface area contributed by atoms with E-state index >= 15 is 0 Å². The molecule has 0 spiro atoms. The number of rotatable bonds is 7. The molecule has 0 aliphatic carbocycles. The summed E-state index contributed by atoms with van der Waals surface area (Å²) < 4.78 is 27.3. The number of aromatic nitrogens is 1. The van der Waals surface area contributed by atoms with Gasteiger partial charge in [-0.2, -0.15) is 4.31 Å². The zero-order valence-electron chi connectivity index (χ0n) is 16.3. The largest absolute Gasteiger partial charge is 0.301 e. The van der Waals surface area contributed by atoms with Crippen molar-refractivity contribution in [2.24, 2.45) is 0 Å². The number of fused-ring (bicyclic) bond motifs is 1. The van der Waals surface area contributed by atoms with Crippen LogP contribution in [0.2, 0.25) is 0 Å². The Labute approximate surface area is 173 Å². The van der Waals surface area contributed by atoms with Gasteiger partial charge in [-0.3, -0.25) is 9.59 Å². The predicted octanol–water partition coefficient (Wildman–Crippen LogP) is 3.32. The standard InChI is InChI=1S/C20H21N3O4S2/c1-4-14-5-10-17-18(11-14)28-20(21-17)22-19(25)12-23(3)29(26,27)16-8-6-15(7-9-16)13(2)24/h5-11H,4,12H2,1-3H3,(H,21,22,25). The summed E-state index contributed by atoms with van der Waals surface area (Å²) in [6, 6.07) is 11.6. The van der Waals surface area contributed by atoms with E-state index in [9.17, 15) is 18.0 Å². The van der Waals surface area contributed by atoms with Gasteiger partial charge >= 0.3 is 0 Å². The first-order valence-corrected chi connectivity index (χ1v) is 11.2. The van der Waals surface area contributed by atoms with Crippen molar-refractivity contribution in [3.05, 3.63) is 53.6 Å². The molecule has 0 atom stereocenters. The summed E-state index contributed by atoms with van der Waals surface area (Å²) in [6.07, 6.45) is 0.908. The minimum absolute atomic E-state index is 0.0184. The molecule has 0 saturated heterocycles. The van der Waals surface area contributed by atoms with Crippen LogP contribution < -0.4 is 5.32 Å². The number of nitrogens with zero attached hydrogens (tertiary/aromatic N) is 2. The number of carbonyl (C=O) groups excluding carboxylic acids is 2. The van der Waals surface area contributed by atoms with Crippen LogP contribution >= 0.6 is 11.3 Å². The normalized spacial score (nSPS) is 11.7. The van der Waals surface area contributed by atoms with E-state index in [0.717, 1.165) is 20.9 Å². The molecule has 3 rings (SSSR count). The molecule has 0 aliphatic rings. The summed E-state index contributed by atoms with van der Waals surface area (Å²) in [4.78, 5) is 28.1.